The second-order valence-electron chi connectivity index (χ2n) is 6.26. The number of carbonyl (C=O) groups excluding carboxylic acids is 1. The van der Waals surface area contributed by atoms with Crippen molar-refractivity contribution in [3.05, 3.63) is 29.8 Å². The summed E-state index contributed by atoms with van der Waals surface area (Å²) >= 11 is 0. The maximum Gasteiger partial charge on any atom is 0.309 e. The fraction of sp³-hybridized carbons (Fsp3) is 0.500. The van der Waals surface area contributed by atoms with Gasteiger partial charge in [0.2, 0.25) is 0 Å². The number of carbonyl (C=O) groups is 2. The fourth-order valence-corrected chi connectivity index (χ4v) is 4.65. The van der Waals surface area contributed by atoms with Crippen LogP contribution in [0.25, 0.3) is 0 Å². The molecule has 0 saturated carbocycles. The fourth-order valence-electron chi connectivity index (χ4n) is 4.65. The number of benzene rings is 1. The quantitative estimate of drug-likeness (QED) is 0.848. The molecule has 3 aliphatic heterocycles. The van der Waals surface area contributed by atoms with E-state index in [1.165, 1.54) is 0 Å². The highest BCUT2D eigenvalue weighted by atomic mass is 16.4. The van der Waals surface area contributed by atoms with Crippen molar-refractivity contribution in [3.8, 4) is 0 Å². The molecule has 0 bridgehead atoms. The summed E-state index contributed by atoms with van der Waals surface area (Å²) in [6.07, 6.45) is 2.60. The SMILES string of the molecule is CN1C(=O)C2(c3ccccc31)C(C(=O)O)CC1CCCN12. The van der Waals surface area contributed by atoms with Gasteiger partial charge in [0.05, 0.1) is 5.92 Å². The molecule has 21 heavy (non-hydrogen) atoms. The minimum absolute atomic E-state index is 0.0829. The molecule has 3 atom stereocenters. The maximum atomic E-state index is 13.1. The first-order chi connectivity index (χ1) is 10.1. The molecule has 0 aromatic heterocycles. The summed E-state index contributed by atoms with van der Waals surface area (Å²) in [5, 5.41) is 9.73. The molecule has 2 fully saturated rings. The zero-order valence-corrected chi connectivity index (χ0v) is 12.0. The van der Waals surface area contributed by atoms with Gasteiger partial charge in [0.1, 0.15) is 5.54 Å². The van der Waals surface area contributed by atoms with Gasteiger partial charge in [-0.1, -0.05) is 18.2 Å². The molecule has 3 aliphatic rings. The van der Waals surface area contributed by atoms with E-state index in [4.69, 9.17) is 0 Å². The summed E-state index contributed by atoms with van der Waals surface area (Å²) in [4.78, 5) is 28.7. The number of anilines is 1. The molecule has 0 radical (unpaired) electrons. The van der Waals surface area contributed by atoms with Crippen LogP contribution < -0.4 is 4.90 Å². The smallest absolute Gasteiger partial charge is 0.309 e. The highest BCUT2D eigenvalue weighted by Gasteiger charge is 2.66. The van der Waals surface area contributed by atoms with E-state index < -0.39 is 17.4 Å². The van der Waals surface area contributed by atoms with Crippen LogP contribution in [-0.2, 0) is 15.1 Å². The summed E-state index contributed by atoms with van der Waals surface area (Å²) < 4.78 is 0. The second-order valence-corrected chi connectivity index (χ2v) is 6.26. The predicted octanol–water partition coefficient (Wildman–Crippen LogP) is 1.43. The summed E-state index contributed by atoms with van der Waals surface area (Å²) in [7, 11) is 1.75. The van der Waals surface area contributed by atoms with Crippen LogP contribution in [0, 0.1) is 5.92 Å². The Morgan fingerprint density at radius 3 is 2.90 bits per heavy atom. The van der Waals surface area contributed by atoms with Gasteiger partial charge in [-0.2, -0.15) is 0 Å². The summed E-state index contributed by atoms with van der Waals surface area (Å²) in [5.74, 6) is -1.59. The van der Waals surface area contributed by atoms with E-state index in [2.05, 4.69) is 4.90 Å². The van der Waals surface area contributed by atoms with Crippen LogP contribution in [0.5, 0.6) is 0 Å². The van der Waals surface area contributed by atoms with Crippen LogP contribution in [0.4, 0.5) is 5.69 Å². The first-order valence-corrected chi connectivity index (χ1v) is 7.45. The Labute approximate surface area is 123 Å². The number of carboxylic acids is 1. The lowest BCUT2D eigenvalue weighted by Crippen LogP contribution is -2.54. The Hall–Kier alpha value is -1.88. The third kappa shape index (κ3) is 1.35. The molecule has 1 amide bonds. The zero-order valence-electron chi connectivity index (χ0n) is 12.0. The number of amides is 1. The summed E-state index contributed by atoms with van der Waals surface area (Å²) in [6, 6.07) is 7.84. The molecule has 5 heteroatoms. The molecule has 4 rings (SSSR count). The van der Waals surface area contributed by atoms with E-state index in [0.29, 0.717) is 6.42 Å². The van der Waals surface area contributed by atoms with Gasteiger partial charge >= 0.3 is 5.97 Å². The van der Waals surface area contributed by atoms with Gasteiger partial charge in [-0.25, -0.2) is 0 Å². The Bertz CT molecular complexity index is 644. The van der Waals surface area contributed by atoms with Crippen LogP contribution in [0.1, 0.15) is 24.8 Å². The van der Waals surface area contributed by atoms with E-state index >= 15 is 0 Å². The van der Waals surface area contributed by atoms with Crippen LogP contribution in [0.2, 0.25) is 0 Å². The standard InChI is InChI=1S/C16H18N2O3/c1-17-13-7-3-2-6-11(13)16(15(17)21)12(14(19)20)9-10-5-4-8-18(10)16/h2-3,6-7,10,12H,4-5,8-9H2,1H3,(H,19,20). The number of para-hydroxylation sites is 1. The van der Waals surface area contributed by atoms with E-state index in [1.54, 1.807) is 11.9 Å². The number of rotatable bonds is 1. The lowest BCUT2D eigenvalue weighted by molar-refractivity contribution is -0.150. The molecule has 1 spiro atoms. The van der Waals surface area contributed by atoms with Gasteiger partial charge < -0.3 is 10.0 Å². The van der Waals surface area contributed by atoms with Crippen molar-refractivity contribution in [2.75, 3.05) is 18.5 Å². The molecular weight excluding hydrogens is 268 g/mol. The molecule has 2 saturated heterocycles. The number of hydrogen-bond donors (Lipinski definition) is 1. The number of nitrogens with zero attached hydrogens (tertiary/aromatic N) is 2. The Morgan fingerprint density at radius 2 is 2.14 bits per heavy atom. The largest absolute Gasteiger partial charge is 0.481 e. The number of fused-ring (bicyclic) bond motifs is 4. The van der Waals surface area contributed by atoms with Crippen molar-refractivity contribution >= 4 is 17.6 Å². The molecule has 3 heterocycles. The molecule has 5 nitrogen and oxygen atoms in total. The van der Waals surface area contributed by atoms with E-state index in [0.717, 1.165) is 30.6 Å². The van der Waals surface area contributed by atoms with Crippen molar-refractivity contribution in [2.24, 2.45) is 5.92 Å². The first-order valence-electron chi connectivity index (χ1n) is 7.45. The molecule has 1 N–H and O–H groups in total. The summed E-state index contributed by atoms with van der Waals surface area (Å²) in [5.41, 5.74) is 0.730. The molecule has 1 aromatic rings. The minimum Gasteiger partial charge on any atom is -0.481 e. The molecule has 3 unspecified atom stereocenters. The van der Waals surface area contributed by atoms with Crippen molar-refractivity contribution < 1.29 is 14.7 Å². The number of hydrogen-bond acceptors (Lipinski definition) is 3. The Balaban J connectivity index is 1.99. The van der Waals surface area contributed by atoms with Gasteiger partial charge in [-0.3, -0.25) is 14.5 Å². The molecule has 0 aliphatic carbocycles. The van der Waals surface area contributed by atoms with Crippen molar-refractivity contribution in [1.29, 1.82) is 0 Å². The highest BCUT2D eigenvalue weighted by Crippen LogP contribution is 2.56. The summed E-state index contributed by atoms with van der Waals surface area (Å²) in [6.45, 7) is 0.808. The lowest BCUT2D eigenvalue weighted by Gasteiger charge is -2.36. The number of aliphatic carboxylic acids is 1. The average molecular weight is 286 g/mol. The molecule has 1 aromatic carbocycles. The third-order valence-electron chi connectivity index (χ3n) is 5.45. The van der Waals surface area contributed by atoms with Crippen LogP contribution in [0.15, 0.2) is 24.3 Å². The molecular formula is C16H18N2O3. The van der Waals surface area contributed by atoms with Crippen LogP contribution in [-0.4, -0.2) is 41.5 Å². The zero-order chi connectivity index (χ0) is 14.8. The maximum absolute atomic E-state index is 13.1. The monoisotopic (exact) mass is 286 g/mol. The van der Waals surface area contributed by atoms with Gasteiger partial charge in [0.25, 0.3) is 5.91 Å². The Morgan fingerprint density at radius 1 is 1.38 bits per heavy atom. The topological polar surface area (TPSA) is 60.9 Å². The van der Waals surface area contributed by atoms with E-state index in [-0.39, 0.29) is 11.9 Å². The molecule has 110 valence electrons. The predicted molar refractivity (Wildman–Crippen MR) is 77.0 cm³/mol. The number of likely N-dealkylation sites (N-methyl/N-ethyl adjacent to an activating group) is 1. The van der Waals surface area contributed by atoms with Crippen LogP contribution in [0.3, 0.4) is 0 Å². The lowest BCUT2D eigenvalue weighted by atomic mass is 9.79. The van der Waals surface area contributed by atoms with Gasteiger partial charge in [0, 0.05) is 24.3 Å². The van der Waals surface area contributed by atoms with Crippen molar-refractivity contribution in [3.63, 3.8) is 0 Å². The van der Waals surface area contributed by atoms with Crippen LogP contribution >= 0.6 is 0 Å². The normalized spacial score (nSPS) is 34.5. The number of carboxylic acid groups (broad SMARTS) is 1. The minimum atomic E-state index is -0.988. The second kappa shape index (κ2) is 4.07. The van der Waals surface area contributed by atoms with Gasteiger partial charge in [-0.15, -0.1) is 0 Å². The van der Waals surface area contributed by atoms with E-state index in [1.807, 2.05) is 24.3 Å². The third-order valence-corrected chi connectivity index (χ3v) is 5.45. The first kappa shape index (κ1) is 12.8. The average Bonchev–Trinajstić information content (AvgIpc) is 3.10. The Kier molecular flexibility index (Phi) is 2.49. The van der Waals surface area contributed by atoms with Crippen molar-refractivity contribution in [1.82, 2.24) is 4.90 Å². The van der Waals surface area contributed by atoms with Crippen molar-refractivity contribution in [2.45, 2.75) is 30.8 Å². The van der Waals surface area contributed by atoms with Gasteiger partial charge in [-0.05, 0) is 31.9 Å². The van der Waals surface area contributed by atoms with E-state index in [9.17, 15) is 14.7 Å². The van der Waals surface area contributed by atoms with Gasteiger partial charge in [0.15, 0.2) is 0 Å². The highest BCUT2D eigenvalue weighted by molar-refractivity contribution is 6.10.